The summed E-state index contributed by atoms with van der Waals surface area (Å²) in [4.78, 5) is 0. The molecule has 0 aliphatic carbocycles. The molecule has 1 nitrogen and oxygen atoms in total. The lowest BCUT2D eigenvalue weighted by molar-refractivity contribution is 0.479. The molecule has 0 amide bonds. The number of halogens is 3. The van der Waals surface area contributed by atoms with Gasteiger partial charge in [-0.3, -0.25) is 0 Å². The van der Waals surface area contributed by atoms with Gasteiger partial charge in [-0.25, -0.2) is 4.39 Å². The van der Waals surface area contributed by atoms with Crippen molar-refractivity contribution in [1.29, 1.82) is 0 Å². The molecule has 2 N–H and O–H groups in total. The van der Waals surface area contributed by atoms with Crippen molar-refractivity contribution in [2.75, 3.05) is 0 Å². The molecule has 0 spiro atoms. The first-order chi connectivity index (χ1) is 8.99. The summed E-state index contributed by atoms with van der Waals surface area (Å²) < 4.78 is 14.0. The fourth-order valence-electron chi connectivity index (χ4n) is 2.15. The van der Waals surface area contributed by atoms with Gasteiger partial charge in [-0.05, 0) is 30.2 Å². The Hall–Kier alpha value is -1.09. The Kier molecular flexibility index (Phi) is 4.14. The van der Waals surface area contributed by atoms with Crippen LogP contribution in [0.5, 0.6) is 0 Å². The van der Waals surface area contributed by atoms with Gasteiger partial charge in [-0.15, -0.1) is 0 Å². The van der Waals surface area contributed by atoms with E-state index in [9.17, 15) is 4.39 Å². The van der Waals surface area contributed by atoms with E-state index in [2.05, 4.69) is 0 Å². The molecule has 0 aliphatic heterocycles. The van der Waals surface area contributed by atoms with Crippen LogP contribution in [-0.2, 0) is 5.54 Å². The van der Waals surface area contributed by atoms with Crippen molar-refractivity contribution < 1.29 is 4.39 Å². The number of rotatable bonds is 3. The molecule has 0 aliphatic rings. The number of hydrogen-bond acceptors (Lipinski definition) is 1. The van der Waals surface area contributed by atoms with Gasteiger partial charge >= 0.3 is 0 Å². The largest absolute Gasteiger partial charge is 0.318 e. The molecule has 1 unspecified atom stereocenters. The standard InChI is InChI=1S/C15H14Cl2FN/c1-2-15(19,11-5-3-4-6-14(11)18)10-7-8-12(16)13(17)9-10/h3-9H,2,19H2,1H3. The molecular weight excluding hydrogens is 284 g/mol. The zero-order chi connectivity index (χ0) is 14.0. The first-order valence-electron chi connectivity index (χ1n) is 5.98. The van der Waals surface area contributed by atoms with Crippen LogP contribution in [0.3, 0.4) is 0 Å². The van der Waals surface area contributed by atoms with Crippen molar-refractivity contribution >= 4 is 23.2 Å². The average molecular weight is 298 g/mol. The van der Waals surface area contributed by atoms with Crippen LogP contribution in [-0.4, -0.2) is 0 Å². The third kappa shape index (κ3) is 2.62. The van der Waals surface area contributed by atoms with E-state index in [1.165, 1.54) is 6.07 Å². The minimum atomic E-state index is -0.917. The first kappa shape index (κ1) is 14.3. The molecule has 2 aromatic rings. The van der Waals surface area contributed by atoms with Crippen molar-refractivity contribution in [1.82, 2.24) is 0 Å². The van der Waals surface area contributed by atoms with Crippen LogP contribution in [0.15, 0.2) is 42.5 Å². The minimum Gasteiger partial charge on any atom is -0.318 e. The fourth-order valence-corrected chi connectivity index (χ4v) is 2.44. The van der Waals surface area contributed by atoms with E-state index >= 15 is 0 Å². The quantitative estimate of drug-likeness (QED) is 0.869. The topological polar surface area (TPSA) is 26.0 Å². The van der Waals surface area contributed by atoms with Crippen LogP contribution in [0.2, 0.25) is 10.0 Å². The average Bonchev–Trinajstić information content (AvgIpc) is 2.41. The molecule has 0 saturated heterocycles. The highest BCUT2D eigenvalue weighted by Crippen LogP contribution is 2.35. The molecular formula is C15H14Cl2FN. The Morgan fingerprint density at radius 2 is 1.79 bits per heavy atom. The van der Waals surface area contributed by atoms with Gasteiger partial charge in [0.25, 0.3) is 0 Å². The second kappa shape index (κ2) is 5.49. The van der Waals surface area contributed by atoms with E-state index in [4.69, 9.17) is 28.9 Å². The summed E-state index contributed by atoms with van der Waals surface area (Å²) in [6.45, 7) is 1.91. The summed E-state index contributed by atoms with van der Waals surface area (Å²) in [7, 11) is 0. The zero-order valence-electron chi connectivity index (χ0n) is 10.5. The van der Waals surface area contributed by atoms with Crippen molar-refractivity contribution in [3.63, 3.8) is 0 Å². The van der Waals surface area contributed by atoms with Crippen LogP contribution < -0.4 is 5.73 Å². The van der Waals surface area contributed by atoms with Crippen molar-refractivity contribution in [3.05, 3.63) is 69.5 Å². The van der Waals surface area contributed by atoms with E-state index < -0.39 is 5.54 Å². The minimum absolute atomic E-state index is 0.321. The Bertz CT molecular complexity index is 600. The van der Waals surface area contributed by atoms with Crippen LogP contribution >= 0.6 is 23.2 Å². The molecule has 0 radical (unpaired) electrons. The van der Waals surface area contributed by atoms with Gasteiger partial charge in [0.2, 0.25) is 0 Å². The van der Waals surface area contributed by atoms with Crippen LogP contribution in [0.1, 0.15) is 24.5 Å². The fraction of sp³-hybridized carbons (Fsp3) is 0.200. The van der Waals surface area contributed by atoms with E-state index in [0.29, 0.717) is 22.0 Å². The lowest BCUT2D eigenvalue weighted by Crippen LogP contribution is -2.38. The van der Waals surface area contributed by atoms with Gasteiger partial charge in [-0.2, -0.15) is 0 Å². The molecule has 1 atom stereocenters. The summed E-state index contributed by atoms with van der Waals surface area (Å²) in [6.07, 6.45) is 0.548. The van der Waals surface area contributed by atoms with Crippen LogP contribution in [0.25, 0.3) is 0 Å². The van der Waals surface area contributed by atoms with Gasteiger partial charge in [0.05, 0.1) is 15.6 Å². The molecule has 2 rings (SSSR count). The SMILES string of the molecule is CCC(N)(c1ccc(Cl)c(Cl)c1)c1ccccc1F. The van der Waals surface area contributed by atoms with Gasteiger partial charge in [-0.1, -0.05) is 54.4 Å². The smallest absolute Gasteiger partial charge is 0.128 e. The molecule has 2 aromatic carbocycles. The lowest BCUT2D eigenvalue weighted by atomic mass is 9.81. The maximum Gasteiger partial charge on any atom is 0.128 e. The molecule has 19 heavy (non-hydrogen) atoms. The number of hydrogen-bond donors (Lipinski definition) is 1. The Balaban J connectivity index is 2.60. The molecule has 0 saturated carbocycles. The summed E-state index contributed by atoms with van der Waals surface area (Å²) in [5.41, 5.74) is 6.70. The van der Waals surface area contributed by atoms with Crippen molar-refractivity contribution in [2.45, 2.75) is 18.9 Å². The van der Waals surface area contributed by atoms with Gasteiger partial charge < -0.3 is 5.73 Å². The molecule has 0 bridgehead atoms. The predicted molar refractivity (Wildman–Crippen MR) is 78.1 cm³/mol. The Labute approximate surface area is 122 Å². The third-order valence-electron chi connectivity index (χ3n) is 3.35. The van der Waals surface area contributed by atoms with Crippen LogP contribution in [0.4, 0.5) is 4.39 Å². The molecule has 0 aromatic heterocycles. The summed E-state index contributed by atoms with van der Waals surface area (Å²) in [5.74, 6) is -0.321. The predicted octanol–water partition coefficient (Wildman–Crippen LogP) is 4.74. The number of benzene rings is 2. The molecule has 4 heteroatoms. The van der Waals surface area contributed by atoms with E-state index in [1.54, 1.807) is 36.4 Å². The van der Waals surface area contributed by atoms with E-state index in [0.717, 1.165) is 5.56 Å². The third-order valence-corrected chi connectivity index (χ3v) is 4.09. The van der Waals surface area contributed by atoms with Crippen LogP contribution in [0, 0.1) is 5.82 Å². The summed E-state index contributed by atoms with van der Waals surface area (Å²) in [5, 5.41) is 0.871. The monoisotopic (exact) mass is 297 g/mol. The Morgan fingerprint density at radius 1 is 1.11 bits per heavy atom. The highest BCUT2D eigenvalue weighted by atomic mass is 35.5. The first-order valence-corrected chi connectivity index (χ1v) is 6.74. The van der Waals surface area contributed by atoms with E-state index in [1.807, 2.05) is 6.92 Å². The van der Waals surface area contributed by atoms with Crippen molar-refractivity contribution in [3.8, 4) is 0 Å². The highest BCUT2D eigenvalue weighted by Gasteiger charge is 2.30. The second-order valence-corrected chi connectivity index (χ2v) is 5.25. The van der Waals surface area contributed by atoms with Gasteiger partial charge in [0.15, 0.2) is 0 Å². The maximum absolute atomic E-state index is 14.0. The second-order valence-electron chi connectivity index (χ2n) is 4.43. The van der Waals surface area contributed by atoms with Crippen molar-refractivity contribution in [2.24, 2.45) is 5.73 Å². The Morgan fingerprint density at radius 3 is 2.37 bits per heavy atom. The molecule has 100 valence electrons. The van der Waals surface area contributed by atoms with Gasteiger partial charge in [0.1, 0.15) is 5.82 Å². The van der Waals surface area contributed by atoms with Gasteiger partial charge in [0, 0.05) is 5.56 Å². The molecule has 0 heterocycles. The zero-order valence-corrected chi connectivity index (χ0v) is 12.0. The normalized spacial score (nSPS) is 14.2. The molecule has 0 fully saturated rings. The summed E-state index contributed by atoms with van der Waals surface area (Å²) in [6, 6.07) is 11.7. The lowest BCUT2D eigenvalue weighted by Gasteiger charge is -2.30. The maximum atomic E-state index is 14.0. The summed E-state index contributed by atoms with van der Waals surface area (Å²) >= 11 is 11.9. The van der Waals surface area contributed by atoms with E-state index in [-0.39, 0.29) is 5.82 Å². The highest BCUT2D eigenvalue weighted by molar-refractivity contribution is 6.42. The number of nitrogens with two attached hydrogens (primary N) is 1.